The molecule has 7 rings (SSSR count). The number of aromatic nitrogens is 3. The minimum absolute atomic E-state index is 1.00. The third kappa shape index (κ3) is 3.38. The molecule has 0 saturated carbocycles. The van der Waals surface area contributed by atoms with E-state index in [2.05, 4.69) is 94.9 Å². The summed E-state index contributed by atoms with van der Waals surface area (Å²) in [6.07, 6.45) is 7.77. The summed E-state index contributed by atoms with van der Waals surface area (Å²) in [5.74, 6) is 0. The summed E-state index contributed by atoms with van der Waals surface area (Å²) < 4.78 is 1.18. The van der Waals surface area contributed by atoms with Crippen molar-refractivity contribution < 1.29 is 0 Å². The number of rotatable bonds is 3. The first-order valence-electron chi connectivity index (χ1n) is 11.5. The van der Waals surface area contributed by atoms with Crippen molar-refractivity contribution in [2.75, 3.05) is 0 Å². The standard InChI is InChI=1S/C31H19N3S/c1-3-9-23-21(7-1)16-32-18-27(23)20-13-14-25(28-19-33-17-22-8-2-4-10-24(22)28)26(15-20)31-34-29-11-5-6-12-30(29)35-31/h1-19H. The Kier molecular flexibility index (Phi) is 4.64. The molecule has 164 valence electrons. The summed E-state index contributed by atoms with van der Waals surface area (Å²) in [5, 5.41) is 5.64. The van der Waals surface area contributed by atoms with Gasteiger partial charge in [0.05, 0.1) is 10.2 Å². The van der Waals surface area contributed by atoms with Gasteiger partial charge in [-0.2, -0.15) is 0 Å². The predicted molar refractivity (Wildman–Crippen MR) is 147 cm³/mol. The fourth-order valence-corrected chi connectivity index (χ4v) is 5.78. The maximum Gasteiger partial charge on any atom is 0.125 e. The second-order valence-electron chi connectivity index (χ2n) is 8.56. The van der Waals surface area contributed by atoms with E-state index in [1.54, 1.807) is 11.3 Å². The number of benzene rings is 4. The molecule has 0 unspecified atom stereocenters. The fraction of sp³-hybridized carbons (Fsp3) is 0. The van der Waals surface area contributed by atoms with Gasteiger partial charge in [0.2, 0.25) is 0 Å². The molecular formula is C31H19N3S. The van der Waals surface area contributed by atoms with Gasteiger partial charge in [0.25, 0.3) is 0 Å². The Morgan fingerprint density at radius 1 is 0.514 bits per heavy atom. The smallest absolute Gasteiger partial charge is 0.125 e. The van der Waals surface area contributed by atoms with Crippen LogP contribution in [0, 0.1) is 0 Å². The molecule has 35 heavy (non-hydrogen) atoms. The molecule has 0 aliphatic rings. The Hall–Kier alpha value is -4.41. The zero-order chi connectivity index (χ0) is 23.2. The van der Waals surface area contributed by atoms with Crippen LogP contribution < -0.4 is 0 Å². The molecule has 0 atom stereocenters. The molecule has 0 amide bonds. The second kappa shape index (κ2) is 8.12. The van der Waals surface area contributed by atoms with Gasteiger partial charge in [0, 0.05) is 52.3 Å². The number of fused-ring (bicyclic) bond motifs is 3. The lowest BCUT2D eigenvalue weighted by Gasteiger charge is -2.14. The molecule has 0 bridgehead atoms. The Labute approximate surface area is 206 Å². The summed E-state index contributed by atoms with van der Waals surface area (Å²) in [6.45, 7) is 0. The highest BCUT2D eigenvalue weighted by molar-refractivity contribution is 7.21. The normalized spacial score (nSPS) is 11.4. The quantitative estimate of drug-likeness (QED) is 0.263. The third-order valence-corrected chi connectivity index (χ3v) is 7.55. The van der Waals surface area contributed by atoms with Crippen LogP contribution in [0.25, 0.3) is 64.6 Å². The van der Waals surface area contributed by atoms with Gasteiger partial charge < -0.3 is 0 Å². The maximum absolute atomic E-state index is 5.03. The molecule has 0 radical (unpaired) electrons. The summed E-state index contributed by atoms with van der Waals surface area (Å²) >= 11 is 1.72. The third-order valence-electron chi connectivity index (χ3n) is 6.48. The van der Waals surface area contributed by atoms with Crippen LogP contribution in [0.1, 0.15) is 0 Å². The Balaban J connectivity index is 1.52. The molecule has 3 heterocycles. The van der Waals surface area contributed by atoms with Crippen LogP contribution >= 0.6 is 11.3 Å². The van der Waals surface area contributed by atoms with E-state index in [-0.39, 0.29) is 0 Å². The number of pyridine rings is 2. The molecule has 7 aromatic rings. The number of hydrogen-bond donors (Lipinski definition) is 0. The van der Waals surface area contributed by atoms with Gasteiger partial charge in [-0.3, -0.25) is 9.97 Å². The molecule has 0 aliphatic carbocycles. The predicted octanol–water partition coefficient (Wildman–Crippen LogP) is 8.39. The van der Waals surface area contributed by atoms with Crippen LogP contribution in [0.2, 0.25) is 0 Å². The summed E-state index contributed by atoms with van der Waals surface area (Å²) in [7, 11) is 0. The molecule has 0 N–H and O–H groups in total. The van der Waals surface area contributed by atoms with Crippen LogP contribution in [-0.4, -0.2) is 15.0 Å². The lowest BCUT2D eigenvalue weighted by atomic mass is 9.92. The van der Waals surface area contributed by atoms with Crippen molar-refractivity contribution in [3.05, 3.63) is 116 Å². The lowest BCUT2D eigenvalue weighted by Crippen LogP contribution is -1.91. The van der Waals surface area contributed by atoms with E-state index < -0.39 is 0 Å². The first kappa shape index (κ1) is 20.0. The van der Waals surface area contributed by atoms with Crippen molar-refractivity contribution in [3.8, 4) is 32.8 Å². The molecule has 3 aromatic heterocycles. The number of thiazole rings is 1. The summed E-state index contributed by atoms with van der Waals surface area (Å²) in [5.41, 5.74) is 6.61. The number of para-hydroxylation sites is 1. The topological polar surface area (TPSA) is 38.7 Å². The minimum Gasteiger partial charge on any atom is -0.263 e. The van der Waals surface area contributed by atoms with Gasteiger partial charge in [-0.05, 0) is 40.1 Å². The van der Waals surface area contributed by atoms with Crippen molar-refractivity contribution >= 4 is 43.1 Å². The first-order valence-corrected chi connectivity index (χ1v) is 12.3. The van der Waals surface area contributed by atoms with Gasteiger partial charge >= 0.3 is 0 Å². The molecule has 0 saturated heterocycles. The molecule has 0 aliphatic heterocycles. The first-order chi connectivity index (χ1) is 17.3. The van der Waals surface area contributed by atoms with E-state index >= 15 is 0 Å². The average Bonchev–Trinajstić information content (AvgIpc) is 3.36. The van der Waals surface area contributed by atoms with Crippen molar-refractivity contribution in [3.63, 3.8) is 0 Å². The highest BCUT2D eigenvalue weighted by Gasteiger charge is 2.16. The Bertz CT molecular complexity index is 1830. The van der Waals surface area contributed by atoms with E-state index in [1.165, 1.54) is 15.5 Å². The SMILES string of the molecule is c1ccc2c(-c3ccc(-c4cncc5ccccc45)c(-c4nc5ccccc5s4)c3)cncc2c1. The van der Waals surface area contributed by atoms with E-state index in [1.807, 2.05) is 30.9 Å². The lowest BCUT2D eigenvalue weighted by molar-refractivity contribution is 1.35. The van der Waals surface area contributed by atoms with Gasteiger partial charge in [0.15, 0.2) is 0 Å². The molecule has 0 spiro atoms. The van der Waals surface area contributed by atoms with Crippen LogP contribution in [0.5, 0.6) is 0 Å². The van der Waals surface area contributed by atoms with Gasteiger partial charge in [-0.25, -0.2) is 4.98 Å². The number of nitrogens with zero attached hydrogens (tertiary/aromatic N) is 3. The highest BCUT2D eigenvalue weighted by atomic mass is 32.1. The number of hydrogen-bond acceptors (Lipinski definition) is 4. The van der Waals surface area contributed by atoms with Crippen LogP contribution in [0.15, 0.2) is 116 Å². The largest absolute Gasteiger partial charge is 0.263 e. The Morgan fingerprint density at radius 3 is 1.94 bits per heavy atom. The van der Waals surface area contributed by atoms with Gasteiger partial charge in [-0.15, -0.1) is 11.3 Å². The van der Waals surface area contributed by atoms with Crippen molar-refractivity contribution in [1.82, 2.24) is 15.0 Å². The molecule has 0 fully saturated rings. The van der Waals surface area contributed by atoms with Crippen molar-refractivity contribution in [2.45, 2.75) is 0 Å². The molecule has 4 aromatic carbocycles. The van der Waals surface area contributed by atoms with E-state index in [4.69, 9.17) is 4.98 Å². The van der Waals surface area contributed by atoms with Crippen molar-refractivity contribution in [1.29, 1.82) is 0 Å². The van der Waals surface area contributed by atoms with E-state index in [0.29, 0.717) is 0 Å². The van der Waals surface area contributed by atoms with Crippen LogP contribution in [-0.2, 0) is 0 Å². The molecule has 4 heteroatoms. The van der Waals surface area contributed by atoms with E-state index in [9.17, 15) is 0 Å². The monoisotopic (exact) mass is 465 g/mol. The van der Waals surface area contributed by atoms with Crippen LogP contribution in [0.3, 0.4) is 0 Å². The van der Waals surface area contributed by atoms with Gasteiger partial charge in [0.1, 0.15) is 5.01 Å². The summed E-state index contributed by atoms with van der Waals surface area (Å²) in [6, 6.07) is 31.8. The van der Waals surface area contributed by atoms with Gasteiger partial charge in [-0.1, -0.05) is 72.8 Å². The maximum atomic E-state index is 5.03. The molecular weight excluding hydrogens is 446 g/mol. The van der Waals surface area contributed by atoms with E-state index in [0.717, 1.165) is 49.1 Å². The molecule has 3 nitrogen and oxygen atoms in total. The minimum atomic E-state index is 1.00. The zero-order valence-corrected chi connectivity index (χ0v) is 19.5. The zero-order valence-electron chi connectivity index (χ0n) is 18.7. The highest BCUT2D eigenvalue weighted by Crippen LogP contribution is 2.41. The van der Waals surface area contributed by atoms with Crippen LogP contribution in [0.4, 0.5) is 0 Å². The summed E-state index contributed by atoms with van der Waals surface area (Å²) in [4.78, 5) is 14.1. The second-order valence-corrected chi connectivity index (χ2v) is 9.59. The van der Waals surface area contributed by atoms with Crippen molar-refractivity contribution in [2.24, 2.45) is 0 Å². The average molecular weight is 466 g/mol. The Morgan fingerprint density at radius 2 is 1.17 bits per heavy atom. The fourth-order valence-electron chi connectivity index (χ4n) is 4.79.